The van der Waals surface area contributed by atoms with E-state index in [1.807, 2.05) is 0 Å². The Bertz CT molecular complexity index is 1130. The van der Waals surface area contributed by atoms with Crippen molar-refractivity contribution in [1.82, 2.24) is 0 Å². The topological polar surface area (TPSA) is 99.7 Å². The van der Waals surface area contributed by atoms with Crippen LogP contribution in [0.25, 0.3) is 22.3 Å². The standard InChI is InChI=1S/C20H15NO6/c1-3-7-12-8-6-11-15-17(22)16(21(24)25)19(27-18(12)15)13-9-4-5-10-14(13)20(23)26-2/h3-6,8-11H,1,7H2,2H3. The van der Waals surface area contributed by atoms with E-state index in [0.717, 1.165) is 0 Å². The highest BCUT2D eigenvalue weighted by atomic mass is 16.6. The molecule has 1 aromatic heterocycles. The number of methoxy groups -OCH3 is 1. The van der Waals surface area contributed by atoms with E-state index in [9.17, 15) is 19.7 Å². The van der Waals surface area contributed by atoms with E-state index in [-0.39, 0.29) is 27.9 Å². The third-order valence-corrected chi connectivity index (χ3v) is 4.10. The molecule has 0 aliphatic heterocycles. The molecule has 7 heteroatoms. The predicted molar refractivity (Wildman–Crippen MR) is 99.8 cm³/mol. The molecule has 3 aromatic rings. The fraction of sp³-hybridized carbons (Fsp3) is 0.100. The fourth-order valence-corrected chi connectivity index (χ4v) is 2.90. The minimum absolute atomic E-state index is 0.0619. The molecule has 0 bridgehead atoms. The number of carbonyl (C=O) groups is 1. The summed E-state index contributed by atoms with van der Waals surface area (Å²) >= 11 is 0. The van der Waals surface area contributed by atoms with Crippen molar-refractivity contribution in [2.24, 2.45) is 0 Å². The van der Waals surface area contributed by atoms with Crippen LogP contribution in [0.2, 0.25) is 0 Å². The van der Waals surface area contributed by atoms with Crippen molar-refractivity contribution in [2.75, 3.05) is 7.11 Å². The van der Waals surface area contributed by atoms with Gasteiger partial charge in [0.2, 0.25) is 5.76 Å². The maximum atomic E-state index is 12.8. The number of nitrogens with zero attached hydrogens (tertiary/aromatic N) is 1. The van der Waals surface area contributed by atoms with Crippen molar-refractivity contribution in [1.29, 1.82) is 0 Å². The molecule has 7 nitrogen and oxygen atoms in total. The van der Waals surface area contributed by atoms with Crippen LogP contribution in [0, 0.1) is 10.1 Å². The second-order valence-electron chi connectivity index (χ2n) is 5.69. The van der Waals surface area contributed by atoms with Crippen LogP contribution >= 0.6 is 0 Å². The summed E-state index contributed by atoms with van der Waals surface area (Å²) in [5.74, 6) is -0.975. The number of allylic oxidation sites excluding steroid dienone is 1. The highest BCUT2D eigenvalue weighted by Gasteiger charge is 2.29. The largest absolute Gasteiger partial charge is 0.465 e. The zero-order valence-electron chi connectivity index (χ0n) is 14.4. The summed E-state index contributed by atoms with van der Waals surface area (Å²) in [4.78, 5) is 35.7. The number of ether oxygens (including phenoxy) is 1. The number of fused-ring (bicyclic) bond motifs is 1. The van der Waals surface area contributed by atoms with Gasteiger partial charge in [0.05, 0.1) is 23.0 Å². The molecule has 0 radical (unpaired) electrons. The van der Waals surface area contributed by atoms with Crippen molar-refractivity contribution in [3.63, 3.8) is 0 Å². The Hall–Kier alpha value is -3.74. The van der Waals surface area contributed by atoms with Crippen molar-refractivity contribution in [2.45, 2.75) is 6.42 Å². The SMILES string of the molecule is C=CCc1cccc2c(=O)c([N+](=O)[O-])c(-c3ccccc3C(=O)OC)oc12. The lowest BCUT2D eigenvalue weighted by Gasteiger charge is -2.10. The van der Waals surface area contributed by atoms with Crippen LogP contribution in [0.1, 0.15) is 15.9 Å². The average molecular weight is 365 g/mol. The summed E-state index contributed by atoms with van der Waals surface area (Å²) in [7, 11) is 1.20. The number of rotatable bonds is 5. The summed E-state index contributed by atoms with van der Waals surface area (Å²) in [6, 6.07) is 10.9. The molecule has 136 valence electrons. The second kappa shape index (κ2) is 7.25. The lowest BCUT2D eigenvalue weighted by molar-refractivity contribution is -0.386. The van der Waals surface area contributed by atoms with Gasteiger partial charge in [-0.15, -0.1) is 6.58 Å². The lowest BCUT2D eigenvalue weighted by atomic mass is 10.0. The molecule has 2 aromatic carbocycles. The Morgan fingerprint density at radius 1 is 1.26 bits per heavy atom. The third-order valence-electron chi connectivity index (χ3n) is 4.10. The zero-order chi connectivity index (χ0) is 19.6. The summed E-state index contributed by atoms with van der Waals surface area (Å²) in [5, 5.41) is 11.7. The Morgan fingerprint density at radius 2 is 2.00 bits per heavy atom. The molecular weight excluding hydrogens is 350 g/mol. The quantitative estimate of drug-likeness (QED) is 0.294. The normalized spacial score (nSPS) is 10.6. The van der Waals surface area contributed by atoms with E-state index in [1.54, 1.807) is 30.3 Å². The molecule has 0 saturated carbocycles. The van der Waals surface area contributed by atoms with Crippen molar-refractivity contribution in [3.8, 4) is 11.3 Å². The van der Waals surface area contributed by atoms with E-state index in [1.165, 1.54) is 25.3 Å². The number of benzene rings is 2. The maximum absolute atomic E-state index is 12.8. The summed E-state index contributed by atoms with van der Waals surface area (Å²) in [6.07, 6.45) is 2.05. The first-order valence-corrected chi connectivity index (χ1v) is 8.01. The number of nitro groups is 1. The Labute approximate surface area is 153 Å². The van der Waals surface area contributed by atoms with Crippen LogP contribution in [-0.2, 0) is 11.2 Å². The van der Waals surface area contributed by atoms with Gasteiger partial charge in [0, 0.05) is 5.56 Å². The molecule has 0 aliphatic rings. The molecule has 1 heterocycles. The van der Waals surface area contributed by atoms with E-state index in [2.05, 4.69) is 6.58 Å². The fourth-order valence-electron chi connectivity index (χ4n) is 2.90. The van der Waals surface area contributed by atoms with Crippen LogP contribution in [0.15, 0.2) is 64.3 Å². The third kappa shape index (κ3) is 3.10. The van der Waals surface area contributed by atoms with Gasteiger partial charge < -0.3 is 9.15 Å². The maximum Gasteiger partial charge on any atom is 0.359 e. The van der Waals surface area contributed by atoms with Crippen LogP contribution in [0.3, 0.4) is 0 Å². The minimum atomic E-state index is -0.797. The smallest absolute Gasteiger partial charge is 0.359 e. The Kier molecular flexibility index (Phi) is 4.85. The van der Waals surface area contributed by atoms with Crippen LogP contribution in [0.4, 0.5) is 5.69 Å². The molecule has 0 N–H and O–H groups in total. The first kappa shape index (κ1) is 18.1. The van der Waals surface area contributed by atoms with Crippen LogP contribution in [-0.4, -0.2) is 18.0 Å². The first-order chi connectivity index (χ1) is 13.0. The van der Waals surface area contributed by atoms with Gasteiger partial charge in [-0.1, -0.05) is 36.4 Å². The first-order valence-electron chi connectivity index (χ1n) is 8.01. The molecule has 0 saturated heterocycles. The van der Waals surface area contributed by atoms with Gasteiger partial charge in [0.1, 0.15) is 5.58 Å². The van der Waals surface area contributed by atoms with Gasteiger partial charge in [-0.25, -0.2) is 4.79 Å². The highest BCUT2D eigenvalue weighted by molar-refractivity contribution is 5.98. The van der Waals surface area contributed by atoms with E-state index < -0.39 is 22.0 Å². The van der Waals surface area contributed by atoms with Gasteiger partial charge in [0.25, 0.3) is 5.43 Å². The molecule has 0 fully saturated rings. The zero-order valence-corrected chi connectivity index (χ0v) is 14.4. The number of esters is 1. The molecule has 27 heavy (non-hydrogen) atoms. The summed E-state index contributed by atoms with van der Waals surface area (Å²) < 4.78 is 10.6. The number of para-hydroxylation sites is 1. The van der Waals surface area contributed by atoms with Gasteiger partial charge in [-0.2, -0.15) is 0 Å². The monoisotopic (exact) mass is 365 g/mol. The van der Waals surface area contributed by atoms with Gasteiger partial charge in [0.15, 0.2) is 0 Å². The molecule has 0 atom stereocenters. The van der Waals surface area contributed by atoms with Crippen molar-refractivity contribution in [3.05, 3.63) is 86.6 Å². The molecule has 0 spiro atoms. The number of hydrogen-bond acceptors (Lipinski definition) is 6. The molecule has 3 rings (SSSR count). The van der Waals surface area contributed by atoms with Gasteiger partial charge >= 0.3 is 11.7 Å². The van der Waals surface area contributed by atoms with Gasteiger partial charge in [-0.3, -0.25) is 14.9 Å². The molecule has 0 unspecified atom stereocenters. The van der Waals surface area contributed by atoms with Crippen molar-refractivity contribution < 1.29 is 18.9 Å². The molecular formula is C20H15NO6. The highest BCUT2D eigenvalue weighted by Crippen LogP contribution is 2.34. The minimum Gasteiger partial charge on any atom is -0.465 e. The van der Waals surface area contributed by atoms with Crippen molar-refractivity contribution >= 4 is 22.6 Å². The van der Waals surface area contributed by atoms with Gasteiger partial charge in [-0.05, 0) is 24.1 Å². The average Bonchev–Trinajstić information content (AvgIpc) is 2.67. The van der Waals surface area contributed by atoms with E-state index >= 15 is 0 Å². The molecule has 0 amide bonds. The number of carbonyl (C=O) groups excluding carboxylic acids is 1. The lowest BCUT2D eigenvalue weighted by Crippen LogP contribution is -2.12. The second-order valence-corrected chi connectivity index (χ2v) is 5.69. The summed E-state index contributed by atoms with van der Waals surface area (Å²) in [6.45, 7) is 3.67. The number of hydrogen-bond donors (Lipinski definition) is 0. The van der Waals surface area contributed by atoms with Crippen LogP contribution in [0.5, 0.6) is 0 Å². The van der Waals surface area contributed by atoms with E-state index in [4.69, 9.17) is 9.15 Å². The summed E-state index contributed by atoms with van der Waals surface area (Å²) in [5.41, 5.74) is -0.444. The van der Waals surface area contributed by atoms with Crippen LogP contribution < -0.4 is 5.43 Å². The predicted octanol–water partition coefficient (Wildman–Crippen LogP) is 3.88. The Morgan fingerprint density at radius 3 is 2.67 bits per heavy atom. The molecule has 0 aliphatic carbocycles. The Balaban J connectivity index is 2.46. The van der Waals surface area contributed by atoms with E-state index in [0.29, 0.717) is 12.0 Å².